The number of ether oxygens (including phenoxy) is 1. The largest absolute Gasteiger partial charge is 0.370 e. The first-order valence-electron chi connectivity index (χ1n) is 8.29. The molecular formula is C15H20N6O4. The van der Waals surface area contributed by atoms with Crippen LogP contribution in [-0.4, -0.2) is 73.9 Å². The van der Waals surface area contributed by atoms with Gasteiger partial charge >= 0.3 is 6.03 Å². The minimum absolute atomic E-state index is 0.00565. The summed E-state index contributed by atoms with van der Waals surface area (Å²) >= 11 is 0. The Morgan fingerprint density at radius 1 is 1.44 bits per heavy atom. The fraction of sp³-hybridized carbons (Fsp3) is 0.667. The van der Waals surface area contributed by atoms with Gasteiger partial charge in [-0.25, -0.2) is 9.48 Å². The molecule has 1 aromatic heterocycles. The third-order valence-corrected chi connectivity index (χ3v) is 5.02. The van der Waals surface area contributed by atoms with Gasteiger partial charge in [-0.2, -0.15) is 0 Å². The van der Waals surface area contributed by atoms with Crippen LogP contribution in [0.15, 0.2) is 6.20 Å². The van der Waals surface area contributed by atoms with Crippen molar-refractivity contribution in [1.29, 1.82) is 0 Å². The summed E-state index contributed by atoms with van der Waals surface area (Å²) in [4.78, 5) is 39.5. The van der Waals surface area contributed by atoms with Gasteiger partial charge in [-0.3, -0.25) is 14.5 Å². The van der Waals surface area contributed by atoms with Crippen LogP contribution in [0.3, 0.4) is 0 Å². The molecule has 1 aromatic rings. The van der Waals surface area contributed by atoms with E-state index < -0.39 is 11.6 Å². The summed E-state index contributed by atoms with van der Waals surface area (Å²) in [6.45, 7) is 4.41. The number of amides is 4. The molecule has 4 rings (SSSR count). The molecule has 2 atom stereocenters. The first-order chi connectivity index (χ1) is 11.9. The van der Waals surface area contributed by atoms with Crippen molar-refractivity contribution in [3.63, 3.8) is 0 Å². The number of hydrogen-bond donors (Lipinski definition) is 1. The second-order valence-electron chi connectivity index (χ2n) is 7.16. The highest BCUT2D eigenvalue weighted by Gasteiger charge is 2.46. The van der Waals surface area contributed by atoms with E-state index in [2.05, 4.69) is 15.6 Å². The molecule has 0 aliphatic carbocycles. The smallest absolute Gasteiger partial charge is 0.325 e. The predicted octanol–water partition coefficient (Wildman–Crippen LogP) is -0.719. The zero-order valence-corrected chi connectivity index (χ0v) is 14.1. The van der Waals surface area contributed by atoms with Gasteiger partial charge in [-0.05, 0) is 20.3 Å². The zero-order valence-electron chi connectivity index (χ0n) is 14.1. The van der Waals surface area contributed by atoms with Crippen LogP contribution in [0.5, 0.6) is 0 Å². The van der Waals surface area contributed by atoms with E-state index in [1.165, 1.54) is 0 Å². The molecule has 3 aliphatic heterocycles. The van der Waals surface area contributed by atoms with E-state index in [-0.39, 0.29) is 30.5 Å². The highest BCUT2D eigenvalue weighted by atomic mass is 16.5. The molecular weight excluding hydrogens is 328 g/mol. The summed E-state index contributed by atoms with van der Waals surface area (Å²) in [5.41, 5.74) is -0.0941. The van der Waals surface area contributed by atoms with Gasteiger partial charge in [0.15, 0.2) is 0 Å². The Balaban J connectivity index is 1.46. The molecule has 134 valence electrons. The fourth-order valence-electron chi connectivity index (χ4n) is 3.60. The number of likely N-dealkylation sites (tertiary alicyclic amines) is 1. The second kappa shape index (κ2) is 5.51. The number of nitrogens with one attached hydrogen (secondary N) is 1. The van der Waals surface area contributed by atoms with Crippen molar-refractivity contribution in [3.8, 4) is 0 Å². The number of carbonyl (C=O) groups excluding carboxylic acids is 3. The van der Waals surface area contributed by atoms with Crippen molar-refractivity contribution in [1.82, 2.24) is 30.1 Å². The lowest BCUT2D eigenvalue weighted by atomic mass is 10.0. The summed E-state index contributed by atoms with van der Waals surface area (Å²) in [6, 6.07) is -0.624. The first kappa shape index (κ1) is 16.0. The molecule has 0 bridgehead atoms. The van der Waals surface area contributed by atoms with Crippen LogP contribution in [0.2, 0.25) is 0 Å². The fourth-order valence-corrected chi connectivity index (χ4v) is 3.60. The molecule has 0 spiro atoms. The maximum atomic E-state index is 12.6. The van der Waals surface area contributed by atoms with E-state index in [1.54, 1.807) is 24.9 Å². The van der Waals surface area contributed by atoms with Crippen LogP contribution in [0, 0.1) is 0 Å². The van der Waals surface area contributed by atoms with Crippen molar-refractivity contribution < 1.29 is 19.1 Å². The number of aromatic nitrogens is 3. The predicted molar refractivity (Wildman–Crippen MR) is 83.2 cm³/mol. The number of fused-ring (bicyclic) bond motifs is 3. The number of imide groups is 1. The first-order valence-corrected chi connectivity index (χ1v) is 8.29. The van der Waals surface area contributed by atoms with Crippen molar-refractivity contribution in [2.24, 2.45) is 0 Å². The standard InChI is InChI=1S/C15H20N6O4/c1-15(2)13(23)20(14(24)17-15)7-12(22)19-4-3-11-10(6-19)21-9(8-25-11)5-16-18-21/h5,10-11H,3-4,6-8H2,1-2H3,(H,17,24)/t10-,11-/m1/s1. The lowest BCUT2D eigenvalue weighted by Gasteiger charge is -2.41. The third-order valence-electron chi connectivity index (χ3n) is 5.02. The van der Waals surface area contributed by atoms with Gasteiger partial charge < -0.3 is 15.0 Å². The van der Waals surface area contributed by atoms with E-state index in [0.29, 0.717) is 26.1 Å². The molecule has 3 aliphatic rings. The Labute approximate surface area is 144 Å². The summed E-state index contributed by atoms with van der Waals surface area (Å²) < 4.78 is 7.63. The molecule has 0 aromatic carbocycles. The lowest BCUT2D eigenvalue weighted by molar-refractivity contribution is -0.142. The molecule has 1 N–H and O–H groups in total. The maximum Gasteiger partial charge on any atom is 0.325 e. The van der Waals surface area contributed by atoms with Crippen molar-refractivity contribution in [2.45, 2.75) is 44.6 Å². The quantitative estimate of drug-likeness (QED) is 0.707. The third kappa shape index (κ3) is 2.56. The average molecular weight is 348 g/mol. The minimum atomic E-state index is -0.975. The van der Waals surface area contributed by atoms with E-state index in [4.69, 9.17) is 4.74 Å². The molecule has 4 amide bonds. The Hall–Kier alpha value is -2.49. The SMILES string of the molecule is CC1(C)NC(=O)N(CC(=O)N2CC[C@H]3OCc4cnnn4[C@@H]3C2)C1=O. The molecule has 2 fully saturated rings. The van der Waals surface area contributed by atoms with Crippen molar-refractivity contribution >= 4 is 17.8 Å². The Bertz CT molecular complexity index is 744. The van der Waals surface area contributed by atoms with Gasteiger partial charge in [0.2, 0.25) is 5.91 Å². The lowest BCUT2D eigenvalue weighted by Crippen LogP contribution is -2.52. The number of piperidine rings is 1. The summed E-state index contributed by atoms with van der Waals surface area (Å²) in [5, 5.41) is 10.6. The molecule has 25 heavy (non-hydrogen) atoms. The number of nitrogens with zero attached hydrogens (tertiary/aromatic N) is 5. The van der Waals surface area contributed by atoms with Crippen LogP contribution in [-0.2, 0) is 20.9 Å². The number of carbonyl (C=O) groups is 3. The summed E-state index contributed by atoms with van der Waals surface area (Å²) in [5.74, 6) is -0.646. The van der Waals surface area contributed by atoms with Crippen molar-refractivity contribution in [3.05, 3.63) is 11.9 Å². The van der Waals surface area contributed by atoms with Gasteiger partial charge in [-0.1, -0.05) is 5.21 Å². The van der Waals surface area contributed by atoms with E-state index in [1.807, 2.05) is 4.68 Å². The number of hydrogen-bond acceptors (Lipinski definition) is 6. The van der Waals surface area contributed by atoms with Gasteiger partial charge in [-0.15, -0.1) is 5.10 Å². The molecule has 0 saturated carbocycles. The zero-order chi connectivity index (χ0) is 17.8. The van der Waals surface area contributed by atoms with E-state index in [9.17, 15) is 14.4 Å². The minimum Gasteiger partial charge on any atom is -0.370 e. The Morgan fingerprint density at radius 2 is 2.24 bits per heavy atom. The molecule has 4 heterocycles. The van der Waals surface area contributed by atoms with Gasteiger partial charge in [0.25, 0.3) is 5.91 Å². The second-order valence-corrected chi connectivity index (χ2v) is 7.16. The van der Waals surface area contributed by atoms with Crippen LogP contribution >= 0.6 is 0 Å². The molecule has 0 unspecified atom stereocenters. The Kier molecular flexibility index (Phi) is 3.53. The maximum absolute atomic E-state index is 12.6. The van der Waals surface area contributed by atoms with Gasteiger partial charge in [0, 0.05) is 13.1 Å². The summed E-state index contributed by atoms with van der Waals surface area (Å²) in [6.07, 6.45) is 2.34. The van der Waals surface area contributed by atoms with Gasteiger partial charge in [0.05, 0.1) is 30.6 Å². The molecule has 10 nitrogen and oxygen atoms in total. The van der Waals surface area contributed by atoms with E-state index in [0.717, 1.165) is 10.6 Å². The van der Waals surface area contributed by atoms with Crippen LogP contribution in [0.1, 0.15) is 32.0 Å². The highest BCUT2D eigenvalue weighted by molar-refractivity contribution is 6.08. The summed E-state index contributed by atoms with van der Waals surface area (Å²) in [7, 11) is 0. The van der Waals surface area contributed by atoms with Gasteiger partial charge in [0.1, 0.15) is 12.1 Å². The van der Waals surface area contributed by atoms with Crippen LogP contribution < -0.4 is 5.32 Å². The van der Waals surface area contributed by atoms with Crippen molar-refractivity contribution in [2.75, 3.05) is 19.6 Å². The van der Waals surface area contributed by atoms with E-state index >= 15 is 0 Å². The number of urea groups is 1. The van der Waals surface area contributed by atoms with Crippen LogP contribution in [0.4, 0.5) is 4.79 Å². The monoisotopic (exact) mass is 348 g/mol. The average Bonchev–Trinajstić information content (AvgIpc) is 3.13. The highest BCUT2D eigenvalue weighted by Crippen LogP contribution is 2.30. The van der Waals surface area contributed by atoms with Crippen LogP contribution in [0.25, 0.3) is 0 Å². The number of rotatable bonds is 2. The topological polar surface area (TPSA) is 110 Å². The normalized spacial score (nSPS) is 27.8. The Morgan fingerprint density at radius 3 is 2.96 bits per heavy atom. The molecule has 2 saturated heterocycles. The molecule has 0 radical (unpaired) electrons. The molecule has 10 heteroatoms.